The predicted octanol–water partition coefficient (Wildman–Crippen LogP) is 2.92. The van der Waals surface area contributed by atoms with Crippen LogP contribution in [0.3, 0.4) is 0 Å². The van der Waals surface area contributed by atoms with Crippen molar-refractivity contribution in [2.24, 2.45) is 0 Å². The summed E-state index contributed by atoms with van der Waals surface area (Å²) in [7, 11) is 1.69. The van der Waals surface area contributed by atoms with E-state index in [1.165, 1.54) is 5.56 Å². The molecular weight excluding hydrogens is 186 g/mol. The molecule has 0 aromatic heterocycles. The lowest BCUT2D eigenvalue weighted by molar-refractivity contribution is 0.413. The number of ether oxygens (including phenoxy) is 1. The molecule has 1 aromatic rings. The van der Waals surface area contributed by atoms with Crippen molar-refractivity contribution >= 4 is 0 Å². The van der Waals surface area contributed by atoms with Gasteiger partial charge in [0.15, 0.2) is 0 Å². The second kappa shape index (κ2) is 5.56. The summed E-state index contributed by atoms with van der Waals surface area (Å²) >= 11 is 0. The maximum Gasteiger partial charge on any atom is 0.119 e. The molecule has 0 aliphatic heterocycles. The molecule has 0 unspecified atom stereocenters. The zero-order valence-electron chi connectivity index (χ0n) is 9.71. The molecule has 0 spiro atoms. The van der Waals surface area contributed by atoms with Gasteiger partial charge in [0.2, 0.25) is 0 Å². The molecule has 0 aliphatic rings. The maximum atomic E-state index is 5.19. The lowest BCUT2D eigenvalue weighted by Gasteiger charge is -2.14. The van der Waals surface area contributed by atoms with Crippen LogP contribution in [0.5, 0.6) is 5.75 Å². The molecular formula is C13H19NO. The molecule has 1 rings (SSSR count). The van der Waals surface area contributed by atoms with Gasteiger partial charge in [-0.25, -0.2) is 0 Å². The van der Waals surface area contributed by atoms with Crippen molar-refractivity contribution in [3.8, 4) is 5.75 Å². The molecule has 1 atom stereocenters. The summed E-state index contributed by atoms with van der Waals surface area (Å²) < 4.78 is 5.19. The molecule has 0 radical (unpaired) electrons. The molecule has 0 saturated carbocycles. The fourth-order valence-electron chi connectivity index (χ4n) is 1.36. The van der Waals surface area contributed by atoms with E-state index in [2.05, 4.69) is 31.0 Å². The molecule has 2 nitrogen and oxygen atoms in total. The summed E-state index contributed by atoms with van der Waals surface area (Å²) in [6.45, 7) is 8.87. The SMILES string of the molecule is C=C(C)CN[C@@H](C)c1cccc(OC)c1. The first kappa shape index (κ1) is 11.8. The van der Waals surface area contributed by atoms with Gasteiger partial charge < -0.3 is 10.1 Å². The van der Waals surface area contributed by atoms with Crippen molar-refractivity contribution in [2.45, 2.75) is 19.9 Å². The van der Waals surface area contributed by atoms with E-state index in [-0.39, 0.29) is 0 Å². The average molecular weight is 205 g/mol. The van der Waals surface area contributed by atoms with Crippen LogP contribution in [0.1, 0.15) is 25.5 Å². The standard InChI is InChI=1S/C13H19NO/c1-10(2)9-14-11(3)12-6-5-7-13(8-12)15-4/h5-8,11,14H,1,9H2,2-4H3/t11-/m0/s1. The molecule has 0 fully saturated rings. The summed E-state index contributed by atoms with van der Waals surface area (Å²) in [5.41, 5.74) is 2.38. The minimum Gasteiger partial charge on any atom is -0.497 e. The van der Waals surface area contributed by atoms with Crippen molar-refractivity contribution in [2.75, 3.05) is 13.7 Å². The highest BCUT2D eigenvalue weighted by Gasteiger charge is 2.04. The maximum absolute atomic E-state index is 5.19. The first-order valence-electron chi connectivity index (χ1n) is 5.15. The molecule has 0 heterocycles. The number of nitrogens with one attached hydrogen (secondary N) is 1. The number of hydrogen-bond donors (Lipinski definition) is 1. The zero-order chi connectivity index (χ0) is 11.3. The molecule has 0 saturated heterocycles. The Morgan fingerprint density at radius 3 is 2.87 bits per heavy atom. The van der Waals surface area contributed by atoms with E-state index in [0.717, 1.165) is 17.9 Å². The fourth-order valence-corrected chi connectivity index (χ4v) is 1.36. The van der Waals surface area contributed by atoms with Gasteiger partial charge in [0.25, 0.3) is 0 Å². The second-order valence-electron chi connectivity index (χ2n) is 3.84. The van der Waals surface area contributed by atoms with Crippen LogP contribution in [-0.4, -0.2) is 13.7 Å². The lowest BCUT2D eigenvalue weighted by atomic mass is 10.1. The Balaban J connectivity index is 2.64. The number of methoxy groups -OCH3 is 1. The van der Waals surface area contributed by atoms with Crippen molar-refractivity contribution in [1.82, 2.24) is 5.32 Å². The molecule has 1 aromatic carbocycles. The van der Waals surface area contributed by atoms with Crippen molar-refractivity contribution < 1.29 is 4.74 Å². The van der Waals surface area contributed by atoms with Crippen molar-refractivity contribution in [1.29, 1.82) is 0 Å². The van der Waals surface area contributed by atoms with Gasteiger partial charge in [0, 0.05) is 12.6 Å². The van der Waals surface area contributed by atoms with Crippen LogP contribution < -0.4 is 10.1 Å². The Hall–Kier alpha value is -1.28. The fraction of sp³-hybridized carbons (Fsp3) is 0.385. The van der Waals surface area contributed by atoms with Gasteiger partial charge in [0.1, 0.15) is 5.75 Å². The third kappa shape index (κ3) is 3.76. The van der Waals surface area contributed by atoms with E-state index < -0.39 is 0 Å². The van der Waals surface area contributed by atoms with Crippen LogP contribution in [0.15, 0.2) is 36.4 Å². The third-order valence-electron chi connectivity index (χ3n) is 2.30. The Bertz CT molecular complexity index is 333. The highest BCUT2D eigenvalue weighted by Crippen LogP contribution is 2.18. The van der Waals surface area contributed by atoms with E-state index in [1.807, 2.05) is 19.1 Å². The largest absolute Gasteiger partial charge is 0.497 e. The molecule has 1 N–H and O–H groups in total. The van der Waals surface area contributed by atoms with Gasteiger partial charge in [-0.15, -0.1) is 0 Å². The van der Waals surface area contributed by atoms with Crippen molar-refractivity contribution in [3.63, 3.8) is 0 Å². The molecule has 0 aliphatic carbocycles. The van der Waals surface area contributed by atoms with Gasteiger partial charge in [-0.05, 0) is 31.5 Å². The quantitative estimate of drug-likeness (QED) is 0.746. The number of hydrogen-bond acceptors (Lipinski definition) is 2. The van der Waals surface area contributed by atoms with Crippen LogP contribution in [0, 0.1) is 0 Å². The monoisotopic (exact) mass is 205 g/mol. The van der Waals surface area contributed by atoms with E-state index in [1.54, 1.807) is 7.11 Å². The third-order valence-corrected chi connectivity index (χ3v) is 2.30. The predicted molar refractivity (Wildman–Crippen MR) is 64.2 cm³/mol. The van der Waals surface area contributed by atoms with E-state index >= 15 is 0 Å². The second-order valence-corrected chi connectivity index (χ2v) is 3.84. The van der Waals surface area contributed by atoms with Crippen LogP contribution >= 0.6 is 0 Å². The average Bonchev–Trinajstić information content (AvgIpc) is 2.26. The van der Waals surface area contributed by atoms with E-state index in [9.17, 15) is 0 Å². The molecule has 82 valence electrons. The van der Waals surface area contributed by atoms with Crippen LogP contribution in [-0.2, 0) is 0 Å². The Kier molecular flexibility index (Phi) is 4.37. The Labute approximate surface area is 92.0 Å². The van der Waals surface area contributed by atoms with Crippen LogP contribution in [0.4, 0.5) is 0 Å². The minimum atomic E-state index is 0.316. The van der Waals surface area contributed by atoms with Crippen LogP contribution in [0.25, 0.3) is 0 Å². The summed E-state index contributed by atoms with van der Waals surface area (Å²) in [5.74, 6) is 0.900. The summed E-state index contributed by atoms with van der Waals surface area (Å²) in [5, 5.41) is 3.39. The summed E-state index contributed by atoms with van der Waals surface area (Å²) in [4.78, 5) is 0. The van der Waals surface area contributed by atoms with E-state index in [0.29, 0.717) is 6.04 Å². The summed E-state index contributed by atoms with van der Waals surface area (Å²) in [6, 6.07) is 8.42. The summed E-state index contributed by atoms with van der Waals surface area (Å²) in [6.07, 6.45) is 0. The van der Waals surface area contributed by atoms with Crippen molar-refractivity contribution in [3.05, 3.63) is 42.0 Å². The zero-order valence-corrected chi connectivity index (χ0v) is 9.71. The van der Waals surface area contributed by atoms with E-state index in [4.69, 9.17) is 4.74 Å². The van der Waals surface area contributed by atoms with Gasteiger partial charge in [-0.3, -0.25) is 0 Å². The lowest BCUT2D eigenvalue weighted by Crippen LogP contribution is -2.20. The van der Waals surface area contributed by atoms with Gasteiger partial charge in [0.05, 0.1) is 7.11 Å². The molecule has 2 heteroatoms. The Morgan fingerprint density at radius 1 is 1.53 bits per heavy atom. The van der Waals surface area contributed by atoms with Gasteiger partial charge >= 0.3 is 0 Å². The molecule has 15 heavy (non-hydrogen) atoms. The minimum absolute atomic E-state index is 0.316. The number of rotatable bonds is 5. The first-order valence-corrected chi connectivity index (χ1v) is 5.15. The number of benzene rings is 1. The van der Waals surface area contributed by atoms with Crippen LogP contribution in [0.2, 0.25) is 0 Å². The van der Waals surface area contributed by atoms with Gasteiger partial charge in [-0.1, -0.05) is 24.3 Å². The highest BCUT2D eigenvalue weighted by atomic mass is 16.5. The normalized spacial score (nSPS) is 12.2. The molecule has 0 amide bonds. The topological polar surface area (TPSA) is 21.3 Å². The highest BCUT2D eigenvalue weighted by molar-refractivity contribution is 5.30. The molecule has 0 bridgehead atoms. The van der Waals surface area contributed by atoms with Gasteiger partial charge in [-0.2, -0.15) is 0 Å². The first-order chi connectivity index (χ1) is 7.13. The Morgan fingerprint density at radius 2 is 2.27 bits per heavy atom. The smallest absolute Gasteiger partial charge is 0.119 e.